The highest BCUT2D eigenvalue weighted by atomic mass is 19.1. The van der Waals surface area contributed by atoms with Gasteiger partial charge in [0.1, 0.15) is 5.82 Å². The molecule has 1 aromatic carbocycles. The number of fused-ring (bicyclic) bond motifs is 1. The van der Waals surface area contributed by atoms with Crippen LogP contribution >= 0.6 is 0 Å². The van der Waals surface area contributed by atoms with Crippen LogP contribution in [-0.4, -0.2) is 10.9 Å². The minimum absolute atomic E-state index is 0.235. The molecule has 0 aliphatic carbocycles. The molecular weight excluding hydrogens is 231 g/mol. The molecule has 0 bridgehead atoms. The maximum Gasteiger partial charge on any atom is 0.256 e. The van der Waals surface area contributed by atoms with Crippen LogP contribution in [0.3, 0.4) is 0 Å². The summed E-state index contributed by atoms with van der Waals surface area (Å²) in [7, 11) is 0. The van der Waals surface area contributed by atoms with E-state index in [-0.39, 0.29) is 11.7 Å². The Kier molecular flexibility index (Phi) is 2.41. The SMILES string of the molecule is O=C1Nc2cc(F)ccc2/C1=C/c1ccccn1. The van der Waals surface area contributed by atoms with Crippen LogP contribution in [0.1, 0.15) is 11.3 Å². The summed E-state index contributed by atoms with van der Waals surface area (Å²) in [6, 6.07) is 9.70. The lowest BCUT2D eigenvalue weighted by atomic mass is 10.1. The smallest absolute Gasteiger partial charge is 0.256 e. The maximum absolute atomic E-state index is 13.1. The highest BCUT2D eigenvalue weighted by Crippen LogP contribution is 2.33. The molecule has 0 saturated carbocycles. The van der Waals surface area contributed by atoms with Crippen molar-refractivity contribution in [3.05, 3.63) is 59.7 Å². The predicted octanol–water partition coefficient (Wildman–Crippen LogP) is 2.71. The van der Waals surface area contributed by atoms with Gasteiger partial charge in [-0.1, -0.05) is 6.07 Å². The van der Waals surface area contributed by atoms with Crippen LogP contribution in [-0.2, 0) is 4.79 Å². The van der Waals surface area contributed by atoms with E-state index in [1.165, 1.54) is 12.1 Å². The molecule has 1 amide bonds. The van der Waals surface area contributed by atoms with Gasteiger partial charge in [-0.3, -0.25) is 9.78 Å². The van der Waals surface area contributed by atoms with Crippen molar-refractivity contribution in [3.63, 3.8) is 0 Å². The molecule has 0 saturated heterocycles. The van der Waals surface area contributed by atoms with E-state index in [4.69, 9.17) is 0 Å². The highest BCUT2D eigenvalue weighted by molar-refractivity contribution is 6.34. The number of hydrogen-bond acceptors (Lipinski definition) is 2. The molecule has 1 aliphatic heterocycles. The van der Waals surface area contributed by atoms with E-state index < -0.39 is 0 Å². The van der Waals surface area contributed by atoms with Crippen molar-refractivity contribution in [3.8, 4) is 0 Å². The first-order valence-electron chi connectivity index (χ1n) is 5.48. The number of aromatic nitrogens is 1. The van der Waals surface area contributed by atoms with Gasteiger partial charge < -0.3 is 5.32 Å². The Balaban J connectivity index is 2.10. The number of carbonyl (C=O) groups is 1. The Bertz CT molecular complexity index is 650. The number of anilines is 1. The summed E-state index contributed by atoms with van der Waals surface area (Å²) in [5.41, 5.74) is 2.40. The van der Waals surface area contributed by atoms with Gasteiger partial charge >= 0.3 is 0 Å². The summed E-state index contributed by atoms with van der Waals surface area (Å²) in [6.45, 7) is 0. The number of carbonyl (C=O) groups excluding carboxylic acids is 1. The van der Waals surface area contributed by atoms with Crippen molar-refractivity contribution in [1.29, 1.82) is 0 Å². The molecule has 1 N–H and O–H groups in total. The fourth-order valence-corrected chi connectivity index (χ4v) is 1.92. The number of amides is 1. The van der Waals surface area contributed by atoms with E-state index in [9.17, 15) is 9.18 Å². The number of nitrogens with one attached hydrogen (secondary N) is 1. The quantitative estimate of drug-likeness (QED) is 0.779. The predicted molar refractivity (Wildman–Crippen MR) is 67.1 cm³/mol. The minimum atomic E-state index is -0.367. The Morgan fingerprint density at radius 1 is 1.22 bits per heavy atom. The molecule has 0 unspecified atom stereocenters. The number of benzene rings is 1. The Morgan fingerprint density at radius 2 is 2.11 bits per heavy atom. The van der Waals surface area contributed by atoms with Crippen LogP contribution in [0, 0.1) is 5.82 Å². The third kappa shape index (κ3) is 1.78. The second-order valence-electron chi connectivity index (χ2n) is 3.96. The molecule has 18 heavy (non-hydrogen) atoms. The summed E-state index contributed by atoms with van der Waals surface area (Å²) < 4.78 is 13.1. The van der Waals surface area contributed by atoms with E-state index in [0.29, 0.717) is 22.5 Å². The number of halogens is 1. The molecule has 0 atom stereocenters. The van der Waals surface area contributed by atoms with E-state index in [0.717, 1.165) is 0 Å². The molecule has 1 aromatic heterocycles. The normalized spacial score (nSPS) is 15.6. The lowest BCUT2D eigenvalue weighted by Crippen LogP contribution is -2.03. The number of pyridine rings is 1. The van der Waals surface area contributed by atoms with Gasteiger partial charge in [-0.05, 0) is 36.4 Å². The van der Waals surface area contributed by atoms with Crippen molar-refractivity contribution in [2.45, 2.75) is 0 Å². The maximum atomic E-state index is 13.1. The lowest BCUT2D eigenvalue weighted by molar-refractivity contribution is -0.110. The summed E-state index contributed by atoms with van der Waals surface area (Å²) in [5, 5.41) is 2.63. The molecule has 4 heteroatoms. The molecule has 3 rings (SSSR count). The molecule has 2 heterocycles. The van der Waals surface area contributed by atoms with E-state index >= 15 is 0 Å². The topological polar surface area (TPSA) is 42.0 Å². The third-order valence-electron chi connectivity index (χ3n) is 2.74. The average Bonchev–Trinajstić information content (AvgIpc) is 2.66. The van der Waals surface area contributed by atoms with Crippen molar-refractivity contribution in [2.75, 3.05) is 5.32 Å². The highest BCUT2D eigenvalue weighted by Gasteiger charge is 2.24. The second-order valence-corrected chi connectivity index (χ2v) is 3.96. The fraction of sp³-hybridized carbons (Fsp3) is 0. The standard InChI is InChI=1S/C14H9FN2O/c15-9-4-5-11-12(14(18)17-13(11)7-9)8-10-3-1-2-6-16-10/h1-8H,(H,17,18)/b12-8-. The van der Waals surface area contributed by atoms with Gasteiger partial charge in [-0.15, -0.1) is 0 Å². The molecule has 0 radical (unpaired) electrons. The average molecular weight is 240 g/mol. The summed E-state index contributed by atoms with van der Waals surface area (Å²) in [6.07, 6.45) is 3.35. The van der Waals surface area contributed by atoms with E-state index in [2.05, 4.69) is 10.3 Å². The van der Waals surface area contributed by atoms with Crippen molar-refractivity contribution in [1.82, 2.24) is 4.98 Å². The molecule has 2 aromatic rings. The number of rotatable bonds is 1. The van der Waals surface area contributed by atoms with Gasteiger partial charge in [-0.2, -0.15) is 0 Å². The van der Waals surface area contributed by atoms with Gasteiger partial charge in [-0.25, -0.2) is 4.39 Å². The zero-order valence-electron chi connectivity index (χ0n) is 9.35. The second kappa shape index (κ2) is 4.07. The molecule has 0 spiro atoms. The van der Waals surface area contributed by atoms with Gasteiger partial charge in [0, 0.05) is 11.8 Å². The largest absolute Gasteiger partial charge is 0.321 e. The third-order valence-corrected chi connectivity index (χ3v) is 2.74. The van der Waals surface area contributed by atoms with Crippen LogP contribution in [0.5, 0.6) is 0 Å². The van der Waals surface area contributed by atoms with Gasteiger partial charge in [0.05, 0.1) is 17.0 Å². The lowest BCUT2D eigenvalue weighted by Gasteiger charge is -1.98. The Labute approximate surface area is 103 Å². The van der Waals surface area contributed by atoms with Crippen LogP contribution in [0.4, 0.5) is 10.1 Å². The van der Waals surface area contributed by atoms with Crippen LogP contribution in [0.25, 0.3) is 11.6 Å². The molecular formula is C14H9FN2O. The van der Waals surface area contributed by atoms with E-state index in [1.54, 1.807) is 24.4 Å². The molecule has 0 fully saturated rings. The van der Waals surface area contributed by atoms with E-state index in [1.807, 2.05) is 12.1 Å². The van der Waals surface area contributed by atoms with Crippen molar-refractivity contribution < 1.29 is 9.18 Å². The minimum Gasteiger partial charge on any atom is -0.321 e. The van der Waals surface area contributed by atoms with Crippen LogP contribution in [0.2, 0.25) is 0 Å². The first kappa shape index (κ1) is 10.7. The first-order chi connectivity index (χ1) is 8.74. The first-order valence-corrected chi connectivity index (χ1v) is 5.48. The monoisotopic (exact) mass is 240 g/mol. The summed E-state index contributed by atoms with van der Waals surface area (Å²) in [4.78, 5) is 16.0. The number of hydrogen-bond donors (Lipinski definition) is 1. The summed E-state index contributed by atoms with van der Waals surface area (Å²) in [5.74, 6) is -0.602. The van der Waals surface area contributed by atoms with Gasteiger partial charge in [0.25, 0.3) is 5.91 Å². The number of nitrogens with zero attached hydrogens (tertiary/aromatic N) is 1. The van der Waals surface area contributed by atoms with Crippen molar-refractivity contribution in [2.24, 2.45) is 0 Å². The van der Waals surface area contributed by atoms with Crippen molar-refractivity contribution >= 4 is 23.2 Å². The zero-order chi connectivity index (χ0) is 12.5. The zero-order valence-corrected chi connectivity index (χ0v) is 9.35. The Morgan fingerprint density at radius 3 is 2.89 bits per heavy atom. The Hall–Kier alpha value is -2.49. The fourth-order valence-electron chi connectivity index (χ4n) is 1.92. The van der Waals surface area contributed by atoms with Gasteiger partial charge in [0.15, 0.2) is 0 Å². The molecule has 3 nitrogen and oxygen atoms in total. The van der Waals surface area contributed by atoms with Gasteiger partial charge in [0.2, 0.25) is 0 Å². The molecule has 88 valence electrons. The van der Waals surface area contributed by atoms with Crippen LogP contribution in [0.15, 0.2) is 42.6 Å². The molecule has 1 aliphatic rings. The summed E-state index contributed by atoms with van der Waals surface area (Å²) >= 11 is 0. The van der Waals surface area contributed by atoms with Crippen LogP contribution < -0.4 is 5.32 Å².